The number of ether oxygens (including phenoxy) is 1. The van der Waals surface area contributed by atoms with Crippen LogP contribution in [-0.2, 0) is 12.8 Å². The van der Waals surface area contributed by atoms with Crippen LogP contribution in [0.5, 0.6) is 5.75 Å². The number of hydrogen-bond donors (Lipinski definition) is 0. The van der Waals surface area contributed by atoms with Gasteiger partial charge in [0, 0.05) is 5.56 Å². The highest BCUT2D eigenvalue weighted by Crippen LogP contribution is 2.41. The topological polar surface area (TPSA) is 9.23 Å². The van der Waals surface area contributed by atoms with Crippen molar-refractivity contribution in [2.24, 2.45) is 0 Å². The second kappa shape index (κ2) is 8.93. The van der Waals surface area contributed by atoms with Crippen LogP contribution in [0, 0.1) is 11.6 Å². The first-order valence-corrected chi connectivity index (χ1v) is 10.8. The zero-order chi connectivity index (χ0) is 22.9. The molecule has 0 saturated carbocycles. The van der Waals surface area contributed by atoms with Crippen LogP contribution in [0.25, 0.3) is 22.3 Å². The van der Waals surface area contributed by atoms with Crippen LogP contribution < -0.4 is 4.74 Å². The summed E-state index contributed by atoms with van der Waals surface area (Å²) in [6, 6.07) is 12.3. The third-order valence-corrected chi connectivity index (χ3v) is 5.82. The maximum Gasteiger partial charge on any atom is 0.573 e. The van der Waals surface area contributed by atoms with Gasteiger partial charge in [0.05, 0.1) is 0 Å². The Kier molecular flexibility index (Phi) is 6.22. The summed E-state index contributed by atoms with van der Waals surface area (Å²) in [5.74, 6) is -2.69. The van der Waals surface area contributed by atoms with Crippen LogP contribution in [0.15, 0.2) is 48.5 Å². The molecule has 0 fully saturated rings. The highest BCUT2D eigenvalue weighted by molar-refractivity contribution is 5.81. The van der Waals surface area contributed by atoms with Gasteiger partial charge in [0.1, 0.15) is 5.82 Å². The van der Waals surface area contributed by atoms with E-state index in [2.05, 4.69) is 23.8 Å². The van der Waals surface area contributed by atoms with Gasteiger partial charge in [0.2, 0.25) is 0 Å². The molecule has 168 valence electrons. The zero-order valence-electron chi connectivity index (χ0n) is 17.7. The van der Waals surface area contributed by atoms with Gasteiger partial charge in [-0.25, -0.2) is 8.78 Å². The first-order chi connectivity index (χ1) is 15.2. The highest BCUT2D eigenvalue weighted by Gasteiger charge is 2.32. The zero-order valence-corrected chi connectivity index (χ0v) is 17.7. The number of hydrogen-bond acceptors (Lipinski definition) is 1. The molecule has 0 bridgehead atoms. The van der Waals surface area contributed by atoms with Gasteiger partial charge in [0.15, 0.2) is 11.6 Å². The summed E-state index contributed by atoms with van der Waals surface area (Å²) in [4.78, 5) is 0. The molecule has 1 aliphatic rings. The molecular formula is C26H23F5O. The third kappa shape index (κ3) is 4.79. The van der Waals surface area contributed by atoms with E-state index in [-0.39, 0.29) is 11.1 Å². The highest BCUT2D eigenvalue weighted by atomic mass is 19.4. The molecule has 0 heterocycles. The second-order valence-electron chi connectivity index (χ2n) is 8.16. The van der Waals surface area contributed by atoms with Crippen molar-refractivity contribution in [2.75, 3.05) is 0 Å². The predicted octanol–water partition coefficient (Wildman–Crippen LogP) is 8.22. The van der Waals surface area contributed by atoms with E-state index in [1.807, 2.05) is 6.07 Å². The fourth-order valence-corrected chi connectivity index (χ4v) is 4.28. The lowest BCUT2D eigenvalue weighted by Crippen LogP contribution is -2.17. The molecule has 3 aromatic rings. The van der Waals surface area contributed by atoms with Crippen molar-refractivity contribution in [1.82, 2.24) is 0 Å². The van der Waals surface area contributed by atoms with Crippen molar-refractivity contribution in [2.45, 2.75) is 51.8 Å². The van der Waals surface area contributed by atoms with E-state index in [4.69, 9.17) is 0 Å². The minimum Gasteiger partial charge on any atom is -0.403 e. The molecule has 0 aliphatic heterocycles. The van der Waals surface area contributed by atoms with Crippen LogP contribution >= 0.6 is 0 Å². The molecule has 1 nitrogen and oxygen atoms in total. The minimum atomic E-state index is -5.00. The average molecular weight is 446 g/mol. The smallest absolute Gasteiger partial charge is 0.403 e. The Balaban J connectivity index is 1.58. The maximum absolute atomic E-state index is 14.9. The first kappa shape index (κ1) is 22.3. The van der Waals surface area contributed by atoms with Crippen LogP contribution in [0.3, 0.4) is 0 Å². The van der Waals surface area contributed by atoms with Gasteiger partial charge in [-0.15, -0.1) is 13.2 Å². The molecule has 4 rings (SSSR count). The summed E-state index contributed by atoms with van der Waals surface area (Å²) >= 11 is 0. The fraction of sp³-hybridized carbons (Fsp3) is 0.308. The van der Waals surface area contributed by atoms with Crippen molar-refractivity contribution >= 4 is 0 Å². The standard InChI is InChI=1S/C26H23F5O/c1-2-3-4-5-6-16-7-9-20-18(11-16)12-19-13-22(23(27)15-21(19)20)17-8-10-25(24(28)14-17)32-26(29,30)31/h7-11,13-15H,2-6,12H2,1H3. The summed E-state index contributed by atoms with van der Waals surface area (Å²) < 4.78 is 69.8. The Morgan fingerprint density at radius 1 is 0.781 bits per heavy atom. The molecule has 0 unspecified atom stereocenters. The SMILES string of the molecule is CCCCCCc1ccc2c(c1)Cc1cc(-c3ccc(OC(F)(F)F)c(F)c3)c(F)cc1-2. The van der Waals surface area contributed by atoms with E-state index < -0.39 is 23.7 Å². The average Bonchev–Trinajstić information content (AvgIpc) is 3.08. The molecule has 6 heteroatoms. The van der Waals surface area contributed by atoms with Crippen molar-refractivity contribution in [3.63, 3.8) is 0 Å². The molecule has 0 radical (unpaired) electrons. The lowest BCUT2D eigenvalue weighted by atomic mass is 9.97. The number of aryl methyl sites for hydroxylation is 1. The quantitative estimate of drug-likeness (QED) is 0.205. The Hall–Kier alpha value is -2.89. The molecule has 32 heavy (non-hydrogen) atoms. The van der Waals surface area contributed by atoms with E-state index in [9.17, 15) is 22.0 Å². The van der Waals surface area contributed by atoms with Gasteiger partial charge in [-0.2, -0.15) is 0 Å². The van der Waals surface area contributed by atoms with Crippen LogP contribution in [0.1, 0.15) is 49.3 Å². The van der Waals surface area contributed by atoms with Crippen molar-refractivity contribution in [3.05, 3.63) is 76.9 Å². The monoisotopic (exact) mass is 446 g/mol. The van der Waals surface area contributed by atoms with E-state index in [1.54, 1.807) is 6.07 Å². The Morgan fingerprint density at radius 2 is 1.56 bits per heavy atom. The van der Waals surface area contributed by atoms with Crippen molar-refractivity contribution in [3.8, 4) is 28.0 Å². The molecule has 0 N–H and O–H groups in total. The summed E-state index contributed by atoms with van der Waals surface area (Å²) in [5.41, 5.74) is 5.40. The fourth-order valence-electron chi connectivity index (χ4n) is 4.28. The van der Waals surface area contributed by atoms with Gasteiger partial charge >= 0.3 is 6.36 Å². The third-order valence-electron chi connectivity index (χ3n) is 5.82. The molecule has 0 atom stereocenters. The minimum absolute atomic E-state index is 0.147. The Labute approximate surface area is 183 Å². The lowest BCUT2D eigenvalue weighted by molar-refractivity contribution is -0.275. The lowest BCUT2D eigenvalue weighted by Gasteiger charge is -2.12. The molecule has 0 saturated heterocycles. The number of benzene rings is 3. The number of unbranched alkanes of at least 4 members (excludes halogenated alkanes) is 3. The van der Waals surface area contributed by atoms with Crippen molar-refractivity contribution in [1.29, 1.82) is 0 Å². The molecule has 3 aromatic carbocycles. The van der Waals surface area contributed by atoms with Gasteiger partial charge < -0.3 is 4.74 Å². The molecule has 0 amide bonds. The van der Waals surface area contributed by atoms with Crippen LogP contribution in [0.2, 0.25) is 0 Å². The van der Waals surface area contributed by atoms with Gasteiger partial charge in [0.25, 0.3) is 0 Å². The number of fused-ring (bicyclic) bond motifs is 3. The summed E-state index contributed by atoms with van der Waals surface area (Å²) in [7, 11) is 0. The van der Waals surface area contributed by atoms with E-state index >= 15 is 0 Å². The number of halogens is 5. The van der Waals surface area contributed by atoms with Crippen LogP contribution in [-0.4, -0.2) is 6.36 Å². The van der Waals surface area contributed by atoms with E-state index in [0.717, 1.165) is 47.2 Å². The maximum atomic E-state index is 14.9. The van der Waals surface area contributed by atoms with Gasteiger partial charge in [-0.05, 0) is 76.9 Å². The molecule has 0 spiro atoms. The summed E-state index contributed by atoms with van der Waals surface area (Å²) in [6.07, 6.45) is 1.40. The van der Waals surface area contributed by atoms with Gasteiger partial charge in [-0.3, -0.25) is 0 Å². The van der Waals surface area contributed by atoms with Crippen molar-refractivity contribution < 1.29 is 26.7 Å². The largest absolute Gasteiger partial charge is 0.573 e. The van der Waals surface area contributed by atoms with Gasteiger partial charge in [-0.1, -0.05) is 50.5 Å². The number of rotatable bonds is 7. The summed E-state index contributed by atoms with van der Waals surface area (Å²) in [6.45, 7) is 2.18. The molecule has 1 aliphatic carbocycles. The Morgan fingerprint density at radius 3 is 2.28 bits per heavy atom. The first-order valence-electron chi connectivity index (χ1n) is 10.8. The Bertz CT molecular complexity index is 1130. The summed E-state index contributed by atoms with van der Waals surface area (Å²) in [5, 5.41) is 0. The normalized spacial score (nSPS) is 12.6. The van der Waals surface area contributed by atoms with E-state index in [1.165, 1.54) is 37.0 Å². The van der Waals surface area contributed by atoms with E-state index in [0.29, 0.717) is 6.42 Å². The second-order valence-corrected chi connectivity index (χ2v) is 8.16. The number of alkyl halides is 3. The predicted molar refractivity (Wildman–Crippen MR) is 115 cm³/mol. The van der Waals surface area contributed by atoms with Crippen LogP contribution in [0.4, 0.5) is 22.0 Å². The molecular weight excluding hydrogens is 423 g/mol. The molecule has 0 aromatic heterocycles.